The normalized spacial score (nSPS) is 13.9. The van der Waals surface area contributed by atoms with Crippen LogP contribution in [0.25, 0.3) is 0 Å². The summed E-state index contributed by atoms with van der Waals surface area (Å²) in [6.07, 6.45) is 1.69. The quantitative estimate of drug-likeness (QED) is 0.758. The van der Waals surface area contributed by atoms with Crippen LogP contribution in [0.3, 0.4) is 0 Å². The smallest absolute Gasteiger partial charge is 0.255 e. The van der Waals surface area contributed by atoms with E-state index in [0.29, 0.717) is 28.3 Å². The van der Waals surface area contributed by atoms with Gasteiger partial charge in [0, 0.05) is 23.4 Å². The van der Waals surface area contributed by atoms with E-state index in [0.717, 1.165) is 12.8 Å². The molecule has 2 N–H and O–H groups in total. The number of carbonyl (C=O) groups is 1. The first-order chi connectivity index (χ1) is 12.8. The molecule has 0 aliphatic heterocycles. The lowest BCUT2D eigenvalue weighted by molar-refractivity contribution is 0.102. The van der Waals surface area contributed by atoms with Gasteiger partial charge in [-0.2, -0.15) is 0 Å². The van der Waals surface area contributed by atoms with Crippen molar-refractivity contribution in [3.8, 4) is 11.5 Å². The molecule has 3 rings (SSSR count). The van der Waals surface area contributed by atoms with Crippen LogP contribution in [0.2, 0.25) is 0 Å². The Morgan fingerprint density at radius 3 is 2.37 bits per heavy atom. The van der Waals surface area contributed by atoms with E-state index in [9.17, 15) is 13.2 Å². The number of hydrogen-bond acceptors (Lipinski definition) is 5. The molecule has 1 amide bonds. The maximum Gasteiger partial charge on any atom is 0.255 e. The lowest BCUT2D eigenvalue weighted by Gasteiger charge is -2.13. The molecule has 0 heterocycles. The number of amides is 1. The first kappa shape index (κ1) is 19.2. The number of aryl methyl sites for hydroxylation is 1. The van der Waals surface area contributed by atoms with Crippen LogP contribution in [0.5, 0.6) is 11.5 Å². The van der Waals surface area contributed by atoms with Crippen molar-refractivity contribution >= 4 is 21.6 Å². The highest BCUT2D eigenvalue weighted by molar-refractivity contribution is 7.89. The van der Waals surface area contributed by atoms with E-state index in [1.54, 1.807) is 31.2 Å². The zero-order valence-corrected chi connectivity index (χ0v) is 16.2. The second-order valence-corrected chi connectivity index (χ2v) is 8.11. The van der Waals surface area contributed by atoms with Crippen molar-refractivity contribution < 1.29 is 22.7 Å². The van der Waals surface area contributed by atoms with Crippen molar-refractivity contribution in [2.24, 2.45) is 0 Å². The lowest BCUT2D eigenvalue weighted by atomic mass is 10.1. The predicted octanol–water partition coefficient (Wildman–Crippen LogP) is 2.71. The number of benzene rings is 2. The monoisotopic (exact) mass is 390 g/mol. The Morgan fingerprint density at radius 1 is 1.04 bits per heavy atom. The summed E-state index contributed by atoms with van der Waals surface area (Å²) in [5, 5.41) is 2.77. The molecule has 2 aromatic rings. The van der Waals surface area contributed by atoms with Gasteiger partial charge in [-0.3, -0.25) is 4.79 Å². The van der Waals surface area contributed by atoms with E-state index in [-0.39, 0.29) is 10.9 Å². The van der Waals surface area contributed by atoms with Crippen LogP contribution in [0.15, 0.2) is 41.3 Å². The topological polar surface area (TPSA) is 93.7 Å². The average molecular weight is 390 g/mol. The number of sulfonamides is 1. The minimum Gasteiger partial charge on any atom is -0.493 e. The molecule has 0 saturated heterocycles. The number of methoxy groups -OCH3 is 2. The summed E-state index contributed by atoms with van der Waals surface area (Å²) in [7, 11) is -0.591. The van der Waals surface area contributed by atoms with Crippen molar-refractivity contribution in [3.05, 3.63) is 47.5 Å². The third-order valence-electron chi connectivity index (χ3n) is 4.30. The van der Waals surface area contributed by atoms with Gasteiger partial charge in [-0.1, -0.05) is 6.07 Å². The van der Waals surface area contributed by atoms with E-state index < -0.39 is 15.9 Å². The minimum absolute atomic E-state index is 0.000318. The number of nitrogens with one attached hydrogen (secondary N) is 2. The standard InChI is InChI=1S/C19H22N2O5S/c1-12-4-8-15(27(23,24)21-13-5-6-13)11-16(12)19(22)20-14-7-9-17(25-2)18(10-14)26-3/h4,7-11,13,21H,5-6H2,1-3H3,(H,20,22). The zero-order valence-electron chi connectivity index (χ0n) is 15.4. The number of anilines is 1. The molecule has 0 aromatic heterocycles. The van der Waals surface area contributed by atoms with E-state index in [4.69, 9.17) is 9.47 Å². The van der Waals surface area contributed by atoms with Crippen molar-refractivity contribution in [1.29, 1.82) is 0 Å². The molecule has 27 heavy (non-hydrogen) atoms. The third kappa shape index (κ3) is 4.40. The highest BCUT2D eigenvalue weighted by Crippen LogP contribution is 2.30. The maximum absolute atomic E-state index is 12.7. The third-order valence-corrected chi connectivity index (χ3v) is 5.82. The van der Waals surface area contributed by atoms with Gasteiger partial charge in [0.25, 0.3) is 5.91 Å². The molecule has 144 valence electrons. The van der Waals surface area contributed by atoms with Crippen LogP contribution in [0.1, 0.15) is 28.8 Å². The fraction of sp³-hybridized carbons (Fsp3) is 0.316. The summed E-state index contributed by atoms with van der Waals surface area (Å²) < 4.78 is 37.8. The van der Waals surface area contributed by atoms with E-state index in [1.165, 1.54) is 26.4 Å². The zero-order chi connectivity index (χ0) is 19.6. The van der Waals surface area contributed by atoms with Gasteiger partial charge in [0.05, 0.1) is 19.1 Å². The van der Waals surface area contributed by atoms with Gasteiger partial charge in [-0.15, -0.1) is 0 Å². The molecule has 0 radical (unpaired) electrons. The second-order valence-electron chi connectivity index (χ2n) is 6.40. The average Bonchev–Trinajstić information content (AvgIpc) is 3.44. The summed E-state index contributed by atoms with van der Waals surface area (Å²) in [6.45, 7) is 1.76. The number of rotatable bonds is 7. The first-order valence-electron chi connectivity index (χ1n) is 8.50. The summed E-state index contributed by atoms with van der Waals surface area (Å²) in [5.41, 5.74) is 1.49. The lowest BCUT2D eigenvalue weighted by Crippen LogP contribution is -2.26. The van der Waals surface area contributed by atoms with Gasteiger partial charge >= 0.3 is 0 Å². The molecular weight excluding hydrogens is 368 g/mol. The molecule has 0 unspecified atom stereocenters. The molecule has 1 fully saturated rings. The van der Waals surface area contributed by atoms with Crippen molar-refractivity contribution in [2.45, 2.75) is 30.7 Å². The Hall–Kier alpha value is -2.58. The molecule has 7 nitrogen and oxygen atoms in total. The molecule has 8 heteroatoms. The Morgan fingerprint density at radius 2 is 1.74 bits per heavy atom. The molecular formula is C19H22N2O5S. The molecule has 0 atom stereocenters. The summed E-state index contributed by atoms with van der Waals surface area (Å²) in [6, 6.07) is 9.54. The van der Waals surface area contributed by atoms with E-state index in [2.05, 4.69) is 10.0 Å². The molecule has 1 aliphatic carbocycles. The van der Waals surface area contributed by atoms with Crippen LogP contribution in [-0.2, 0) is 10.0 Å². The van der Waals surface area contributed by atoms with Gasteiger partial charge in [0.15, 0.2) is 11.5 Å². The van der Waals surface area contributed by atoms with Crippen LogP contribution in [0.4, 0.5) is 5.69 Å². The fourth-order valence-corrected chi connectivity index (χ4v) is 3.94. The highest BCUT2D eigenvalue weighted by atomic mass is 32.2. The van der Waals surface area contributed by atoms with E-state index in [1.807, 2.05) is 0 Å². The largest absolute Gasteiger partial charge is 0.493 e. The number of hydrogen-bond donors (Lipinski definition) is 2. The molecule has 1 saturated carbocycles. The maximum atomic E-state index is 12.7. The summed E-state index contributed by atoms with van der Waals surface area (Å²) in [5.74, 6) is 0.631. The Balaban J connectivity index is 1.85. The predicted molar refractivity (Wildman–Crippen MR) is 102 cm³/mol. The molecule has 1 aliphatic rings. The SMILES string of the molecule is COc1ccc(NC(=O)c2cc(S(=O)(=O)NC3CC3)ccc2C)cc1OC. The number of ether oxygens (including phenoxy) is 2. The molecule has 2 aromatic carbocycles. The van der Waals surface area contributed by atoms with Gasteiger partial charge in [-0.05, 0) is 49.6 Å². The summed E-state index contributed by atoms with van der Waals surface area (Å²) in [4.78, 5) is 12.8. The summed E-state index contributed by atoms with van der Waals surface area (Å²) >= 11 is 0. The van der Waals surface area contributed by atoms with Crippen molar-refractivity contribution in [3.63, 3.8) is 0 Å². The number of carbonyl (C=O) groups excluding carboxylic acids is 1. The van der Waals surface area contributed by atoms with Crippen LogP contribution >= 0.6 is 0 Å². The minimum atomic E-state index is -3.63. The molecule has 0 spiro atoms. The Labute approximate surface area is 158 Å². The first-order valence-corrected chi connectivity index (χ1v) is 9.98. The van der Waals surface area contributed by atoms with Crippen molar-refractivity contribution in [1.82, 2.24) is 4.72 Å². The van der Waals surface area contributed by atoms with Gasteiger partial charge in [-0.25, -0.2) is 13.1 Å². The molecule has 0 bridgehead atoms. The van der Waals surface area contributed by atoms with Crippen LogP contribution in [-0.4, -0.2) is 34.6 Å². The van der Waals surface area contributed by atoms with Gasteiger partial charge in [0.1, 0.15) is 0 Å². The van der Waals surface area contributed by atoms with E-state index >= 15 is 0 Å². The van der Waals surface area contributed by atoms with Gasteiger partial charge in [0.2, 0.25) is 10.0 Å². The second kappa shape index (κ2) is 7.58. The Bertz CT molecular complexity index is 968. The van der Waals surface area contributed by atoms with Gasteiger partial charge < -0.3 is 14.8 Å². The van der Waals surface area contributed by atoms with Crippen molar-refractivity contribution in [2.75, 3.05) is 19.5 Å². The van der Waals surface area contributed by atoms with Crippen LogP contribution in [0, 0.1) is 6.92 Å². The van der Waals surface area contributed by atoms with Crippen LogP contribution < -0.4 is 19.5 Å². The fourth-order valence-electron chi connectivity index (χ4n) is 2.61. The Kier molecular flexibility index (Phi) is 5.38. The highest BCUT2D eigenvalue weighted by Gasteiger charge is 2.28.